The van der Waals surface area contributed by atoms with Gasteiger partial charge < -0.3 is 4.74 Å². The summed E-state index contributed by atoms with van der Waals surface area (Å²) in [5.74, 6) is 0.448. The van der Waals surface area contributed by atoms with Gasteiger partial charge in [0.1, 0.15) is 0 Å². The van der Waals surface area contributed by atoms with E-state index in [2.05, 4.69) is 6.58 Å². The molecule has 0 atom stereocenters. The molecule has 0 aromatic heterocycles. The zero-order valence-electron chi connectivity index (χ0n) is 8.67. The van der Waals surface area contributed by atoms with Crippen molar-refractivity contribution < 1.29 is 14.3 Å². The Kier molecular flexibility index (Phi) is 7.20. The average Bonchev–Trinajstić information content (AvgIpc) is 2.09. The van der Waals surface area contributed by atoms with Gasteiger partial charge in [0.25, 0.3) is 0 Å². The maximum absolute atomic E-state index is 10.9. The summed E-state index contributed by atoms with van der Waals surface area (Å²) in [6.45, 7) is 7.04. The Morgan fingerprint density at radius 1 is 1.29 bits per heavy atom. The van der Waals surface area contributed by atoms with Crippen LogP contribution in [-0.4, -0.2) is 23.4 Å². The maximum Gasteiger partial charge on any atom is 0.333 e. The Morgan fingerprint density at radius 3 is 2.43 bits per heavy atom. The fourth-order valence-corrected chi connectivity index (χ4v) is 1.34. The predicted octanol–water partition coefficient (Wildman–Crippen LogP) is 2.17. The fraction of sp³-hybridized carbons (Fsp3) is 0.600. The topological polar surface area (TPSA) is 43.4 Å². The molecule has 0 aliphatic carbocycles. The van der Waals surface area contributed by atoms with E-state index >= 15 is 0 Å². The molecule has 4 heteroatoms. The SMILES string of the molecule is C=C(C)C(=O)OCCCCSC(C)=O. The van der Waals surface area contributed by atoms with Crippen LogP contribution in [0.2, 0.25) is 0 Å². The molecule has 3 nitrogen and oxygen atoms in total. The number of rotatable bonds is 6. The van der Waals surface area contributed by atoms with Crippen molar-refractivity contribution in [2.75, 3.05) is 12.4 Å². The van der Waals surface area contributed by atoms with Crippen LogP contribution in [0.5, 0.6) is 0 Å². The number of unbranched alkanes of at least 4 members (excludes halogenated alkanes) is 1. The Bertz CT molecular complexity index is 223. The minimum atomic E-state index is -0.343. The van der Waals surface area contributed by atoms with Gasteiger partial charge in [0.2, 0.25) is 0 Å². The highest BCUT2D eigenvalue weighted by Gasteiger charge is 2.01. The molecule has 0 heterocycles. The maximum atomic E-state index is 10.9. The molecular formula is C10H16O3S. The molecule has 0 fully saturated rings. The Hall–Kier alpha value is -0.770. The molecule has 0 rings (SSSR count). The summed E-state index contributed by atoms with van der Waals surface area (Å²) in [5, 5.41) is 0.129. The van der Waals surface area contributed by atoms with Crippen LogP contribution in [0.4, 0.5) is 0 Å². The lowest BCUT2D eigenvalue weighted by molar-refractivity contribution is -0.139. The van der Waals surface area contributed by atoms with Gasteiger partial charge in [-0.1, -0.05) is 18.3 Å². The second-order valence-corrected chi connectivity index (χ2v) is 4.24. The molecule has 0 aromatic rings. The van der Waals surface area contributed by atoms with Crippen molar-refractivity contribution in [3.05, 3.63) is 12.2 Å². The lowest BCUT2D eigenvalue weighted by Crippen LogP contribution is -2.06. The lowest BCUT2D eigenvalue weighted by Gasteiger charge is -2.03. The van der Waals surface area contributed by atoms with Gasteiger partial charge in [0, 0.05) is 18.2 Å². The summed E-state index contributed by atoms with van der Waals surface area (Å²) < 4.78 is 4.88. The molecule has 0 bridgehead atoms. The summed E-state index contributed by atoms with van der Waals surface area (Å²) in [7, 11) is 0. The van der Waals surface area contributed by atoms with E-state index in [0.29, 0.717) is 12.2 Å². The molecule has 0 saturated heterocycles. The van der Waals surface area contributed by atoms with E-state index in [1.54, 1.807) is 13.8 Å². The van der Waals surface area contributed by atoms with Crippen molar-refractivity contribution in [1.29, 1.82) is 0 Å². The van der Waals surface area contributed by atoms with E-state index in [0.717, 1.165) is 18.6 Å². The molecule has 0 aliphatic rings. The number of hydrogen-bond acceptors (Lipinski definition) is 4. The highest BCUT2D eigenvalue weighted by Crippen LogP contribution is 2.05. The second-order valence-electron chi connectivity index (χ2n) is 2.96. The number of ether oxygens (including phenoxy) is 1. The van der Waals surface area contributed by atoms with E-state index in [-0.39, 0.29) is 11.1 Å². The van der Waals surface area contributed by atoms with Crippen LogP contribution in [0.1, 0.15) is 26.7 Å². The van der Waals surface area contributed by atoms with E-state index in [9.17, 15) is 9.59 Å². The van der Waals surface area contributed by atoms with E-state index in [1.165, 1.54) is 11.8 Å². The van der Waals surface area contributed by atoms with Crippen molar-refractivity contribution in [1.82, 2.24) is 0 Å². The van der Waals surface area contributed by atoms with Crippen molar-refractivity contribution >= 4 is 22.8 Å². The Balaban J connectivity index is 3.26. The second kappa shape index (κ2) is 7.62. The number of esters is 1. The number of thioether (sulfide) groups is 1. The van der Waals surface area contributed by atoms with Crippen molar-refractivity contribution in [2.24, 2.45) is 0 Å². The predicted molar refractivity (Wildman–Crippen MR) is 58.1 cm³/mol. The number of carbonyl (C=O) groups is 2. The molecule has 0 unspecified atom stereocenters. The first-order valence-corrected chi connectivity index (χ1v) is 5.48. The normalized spacial score (nSPS) is 9.57. The summed E-state index contributed by atoms with van der Waals surface area (Å²) >= 11 is 1.30. The van der Waals surface area contributed by atoms with E-state index in [1.807, 2.05) is 0 Å². The molecule has 0 saturated carbocycles. The smallest absolute Gasteiger partial charge is 0.333 e. The Morgan fingerprint density at radius 2 is 1.93 bits per heavy atom. The van der Waals surface area contributed by atoms with Crippen LogP contribution < -0.4 is 0 Å². The van der Waals surface area contributed by atoms with Crippen LogP contribution in [0.3, 0.4) is 0 Å². The van der Waals surface area contributed by atoms with Gasteiger partial charge in [0.15, 0.2) is 5.12 Å². The van der Waals surface area contributed by atoms with Crippen LogP contribution in [0.25, 0.3) is 0 Å². The largest absolute Gasteiger partial charge is 0.462 e. The lowest BCUT2D eigenvalue weighted by atomic mass is 10.3. The summed E-state index contributed by atoms with van der Waals surface area (Å²) in [5.41, 5.74) is 0.420. The van der Waals surface area contributed by atoms with Gasteiger partial charge in [-0.2, -0.15) is 0 Å². The van der Waals surface area contributed by atoms with Crippen LogP contribution >= 0.6 is 11.8 Å². The number of hydrogen-bond donors (Lipinski definition) is 0. The molecule has 80 valence electrons. The minimum Gasteiger partial charge on any atom is -0.462 e. The molecule has 14 heavy (non-hydrogen) atoms. The van der Waals surface area contributed by atoms with Crippen molar-refractivity contribution in [3.8, 4) is 0 Å². The summed E-state index contributed by atoms with van der Waals surface area (Å²) in [6.07, 6.45) is 1.67. The molecule has 0 N–H and O–H groups in total. The van der Waals surface area contributed by atoms with Gasteiger partial charge in [0.05, 0.1) is 6.61 Å². The van der Waals surface area contributed by atoms with Gasteiger partial charge in [-0.15, -0.1) is 0 Å². The third kappa shape index (κ3) is 7.86. The first kappa shape index (κ1) is 13.2. The van der Waals surface area contributed by atoms with E-state index in [4.69, 9.17) is 4.74 Å². The van der Waals surface area contributed by atoms with Crippen LogP contribution in [0, 0.1) is 0 Å². The van der Waals surface area contributed by atoms with Gasteiger partial charge >= 0.3 is 5.97 Å². The monoisotopic (exact) mass is 216 g/mol. The highest BCUT2D eigenvalue weighted by atomic mass is 32.2. The van der Waals surface area contributed by atoms with Crippen molar-refractivity contribution in [3.63, 3.8) is 0 Å². The number of carbonyl (C=O) groups excluding carboxylic acids is 2. The molecule has 0 aromatic carbocycles. The summed E-state index contributed by atoms with van der Waals surface area (Å²) in [4.78, 5) is 21.4. The average molecular weight is 216 g/mol. The van der Waals surface area contributed by atoms with Gasteiger partial charge in [-0.05, 0) is 19.8 Å². The first-order valence-electron chi connectivity index (χ1n) is 4.50. The fourth-order valence-electron chi connectivity index (χ4n) is 0.708. The standard InChI is InChI=1S/C10H16O3S/c1-8(2)10(12)13-6-4-5-7-14-9(3)11/h1,4-7H2,2-3H3. The quantitative estimate of drug-likeness (QED) is 0.388. The third-order valence-electron chi connectivity index (χ3n) is 1.43. The molecule has 0 aliphatic heterocycles. The van der Waals surface area contributed by atoms with Gasteiger partial charge in [-0.25, -0.2) is 4.79 Å². The minimum absolute atomic E-state index is 0.129. The zero-order valence-corrected chi connectivity index (χ0v) is 9.49. The van der Waals surface area contributed by atoms with E-state index < -0.39 is 0 Å². The molecule has 0 spiro atoms. The molecule has 0 radical (unpaired) electrons. The molecular weight excluding hydrogens is 200 g/mol. The Labute approximate surface area is 88.9 Å². The third-order valence-corrected chi connectivity index (χ3v) is 2.32. The van der Waals surface area contributed by atoms with Crippen molar-refractivity contribution in [2.45, 2.75) is 26.7 Å². The highest BCUT2D eigenvalue weighted by molar-refractivity contribution is 8.13. The van der Waals surface area contributed by atoms with Crippen LogP contribution in [-0.2, 0) is 14.3 Å². The zero-order chi connectivity index (χ0) is 11.0. The summed E-state index contributed by atoms with van der Waals surface area (Å²) in [6, 6.07) is 0. The van der Waals surface area contributed by atoms with Crippen LogP contribution in [0.15, 0.2) is 12.2 Å². The molecule has 0 amide bonds. The van der Waals surface area contributed by atoms with Gasteiger partial charge in [-0.3, -0.25) is 4.79 Å². The first-order chi connectivity index (χ1) is 6.54.